The van der Waals surface area contributed by atoms with Gasteiger partial charge in [0.1, 0.15) is 11.2 Å². The molecule has 0 fully saturated rings. The van der Waals surface area contributed by atoms with E-state index < -0.39 is 128 Å². The fourth-order valence-corrected chi connectivity index (χ4v) is 13.8. The monoisotopic (exact) mass is 1160 g/mol. The molecule has 0 amide bonds. The van der Waals surface area contributed by atoms with Crippen molar-refractivity contribution in [2.24, 2.45) is 0 Å². The molecule has 418 valence electrons. The number of benzene rings is 14. The van der Waals surface area contributed by atoms with Crippen LogP contribution >= 0.6 is 0 Å². The number of hydrogen-bond acceptors (Lipinski definition) is 3. The van der Waals surface area contributed by atoms with Gasteiger partial charge in [-0.3, -0.25) is 0 Å². The van der Waals surface area contributed by atoms with Crippen LogP contribution in [0.1, 0.15) is 27.4 Å². The Morgan fingerprint density at radius 1 is 0.289 bits per heavy atom. The SMILES string of the molecule is [2H]c1c(-n2c3c([2H])c([2H])c([2H])c([2H])c3c3c([2H])c([2H])c([2H])c([2H])c32)cc2c(c1[2H])B1c3c(cc(-c4ccc5oc6ccccc6c5c4)cc3N(c3c(-c4ccccc4)cccc3-c3ccccc3)c3cc(-n4c5c([2H])c([2H])c([2H])c([2H])c5c5c([2H])c([2H])c([2H])c([2H])c54)c([2H])c([2H])c31)N2c1ccccc1-c1ccccc1. The van der Waals surface area contributed by atoms with Crippen LogP contribution in [0.4, 0.5) is 34.1 Å². The first kappa shape index (κ1) is 34.5. The van der Waals surface area contributed by atoms with Gasteiger partial charge < -0.3 is 23.4 Å². The molecule has 17 aromatic rings. The molecule has 6 heteroatoms. The highest BCUT2D eigenvalue weighted by molar-refractivity contribution is 7.00. The summed E-state index contributed by atoms with van der Waals surface area (Å²) in [5.41, 5.74) is 7.93. The van der Waals surface area contributed by atoms with Gasteiger partial charge in [0.05, 0.1) is 60.9 Å². The second-order valence-electron chi connectivity index (χ2n) is 22.4. The summed E-state index contributed by atoms with van der Waals surface area (Å²) in [4.78, 5) is 3.97. The molecular weight excluding hydrogens is 1090 g/mol. The van der Waals surface area contributed by atoms with Gasteiger partial charge in [-0.05, 0) is 129 Å². The van der Waals surface area contributed by atoms with Crippen LogP contribution in [0.2, 0.25) is 0 Å². The molecule has 0 saturated heterocycles. The number of rotatable bonds is 8. The molecule has 0 N–H and O–H groups in total. The lowest BCUT2D eigenvalue weighted by molar-refractivity contribution is 0.669. The molecule has 0 unspecified atom stereocenters. The van der Waals surface area contributed by atoms with E-state index in [1.54, 1.807) is 12.1 Å². The van der Waals surface area contributed by atoms with E-state index in [2.05, 4.69) is 0 Å². The average Bonchev–Trinajstić information content (AvgIpc) is 0.901. The molecule has 2 aliphatic rings. The number of hydrogen-bond donors (Lipinski definition) is 0. The minimum atomic E-state index is -1.38. The first-order valence-electron chi connectivity index (χ1n) is 39.4. The molecule has 0 saturated carbocycles. The maximum Gasteiger partial charge on any atom is 0.252 e. The second kappa shape index (κ2) is 19.8. The lowest BCUT2D eigenvalue weighted by atomic mass is 9.33. The van der Waals surface area contributed by atoms with Gasteiger partial charge in [-0.25, -0.2) is 0 Å². The van der Waals surface area contributed by atoms with Crippen molar-refractivity contribution in [3.05, 3.63) is 321 Å². The Morgan fingerprint density at radius 3 is 1.29 bits per heavy atom. The minimum Gasteiger partial charge on any atom is -0.456 e. The number of fused-ring (bicyclic) bond motifs is 13. The molecule has 5 heterocycles. The smallest absolute Gasteiger partial charge is 0.252 e. The normalized spacial score (nSPS) is 15.7. The molecule has 5 nitrogen and oxygen atoms in total. The molecule has 0 bridgehead atoms. The van der Waals surface area contributed by atoms with Crippen molar-refractivity contribution in [1.82, 2.24) is 9.13 Å². The van der Waals surface area contributed by atoms with E-state index >= 15 is 0 Å². The fraction of sp³-hybridized carbons (Fsp3) is 0. The summed E-state index contributed by atoms with van der Waals surface area (Å²) in [5.74, 6) is 0. The van der Waals surface area contributed by atoms with Crippen LogP contribution < -0.4 is 26.2 Å². The lowest BCUT2D eigenvalue weighted by Crippen LogP contribution is -2.61. The van der Waals surface area contributed by atoms with Gasteiger partial charge in [0.15, 0.2) is 0 Å². The van der Waals surface area contributed by atoms with Gasteiger partial charge in [0, 0.05) is 83.1 Å². The zero-order valence-electron chi connectivity index (χ0n) is 67.3. The second-order valence-corrected chi connectivity index (χ2v) is 22.4. The summed E-state index contributed by atoms with van der Waals surface area (Å²) < 4.78 is 202. The van der Waals surface area contributed by atoms with Crippen molar-refractivity contribution >= 4 is 123 Å². The molecule has 19 rings (SSSR count). The van der Waals surface area contributed by atoms with Gasteiger partial charge >= 0.3 is 0 Å². The first-order valence-corrected chi connectivity index (χ1v) is 29.4. The van der Waals surface area contributed by atoms with Crippen LogP contribution in [0.3, 0.4) is 0 Å². The van der Waals surface area contributed by atoms with Crippen molar-refractivity contribution < 1.29 is 31.8 Å². The highest BCUT2D eigenvalue weighted by Crippen LogP contribution is 2.53. The van der Waals surface area contributed by atoms with Crippen molar-refractivity contribution in [2.75, 3.05) is 9.80 Å². The van der Waals surface area contributed by atoms with Crippen LogP contribution in [-0.2, 0) is 0 Å². The van der Waals surface area contributed by atoms with E-state index in [0.29, 0.717) is 67.2 Å². The van der Waals surface area contributed by atoms with Gasteiger partial charge in [-0.2, -0.15) is 0 Å². The van der Waals surface area contributed by atoms with Crippen molar-refractivity contribution in [2.45, 2.75) is 0 Å². The van der Waals surface area contributed by atoms with Crippen molar-refractivity contribution in [3.8, 4) is 55.9 Å². The van der Waals surface area contributed by atoms with E-state index in [0.717, 1.165) is 27.5 Å². The van der Waals surface area contributed by atoms with Crippen LogP contribution in [0.15, 0.2) is 325 Å². The summed E-state index contributed by atoms with van der Waals surface area (Å²) in [6.07, 6.45) is 0. The number of aromatic nitrogens is 2. The molecule has 0 spiro atoms. The fourth-order valence-electron chi connectivity index (χ4n) is 13.8. The van der Waals surface area contributed by atoms with E-state index in [1.807, 2.05) is 198 Å². The zero-order chi connectivity index (χ0) is 76.4. The average molecular weight is 1170 g/mol. The van der Waals surface area contributed by atoms with Crippen molar-refractivity contribution in [1.29, 1.82) is 0 Å². The predicted octanol–water partition coefficient (Wildman–Crippen LogP) is 20.5. The molecule has 0 aliphatic carbocycles. The van der Waals surface area contributed by atoms with E-state index in [9.17, 15) is 19.2 Å². The number of furan rings is 1. The summed E-state index contributed by atoms with van der Waals surface area (Å²) >= 11 is 0. The van der Waals surface area contributed by atoms with Crippen LogP contribution in [0, 0.1) is 0 Å². The van der Waals surface area contributed by atoms with Gasteiger partial charge in [-0.15, -0.1) is 0 Å². The van der Waals surface area contributed by atoms with Gasteiger partial charge in [-0.1, -0.05) is 236 Å². The topological polar surface area (TPSA) is 29.5 Å². The largest absolute Gasteiger partial charge is 0.456 e. The van der Waals surface area contributed by atoms with E-state index in [1.165, 1.54) is 9.13 Å². The summed E-state index contributed by atoms with van der Waals surface area (Å²) in [5, 5.41) is 0.585. The van der Waals surface area contributed by atoms with Crippen LogP contribution in [-0.4, -0.2) is 15.8 Å². The molecule has 14 aromatic carbocycles. The molecule has 3 aromatic heterocycles. The number of nitrogens with zero attached hydrogens (tertiary/aromatic N) is 4. The number of para-hydroxylation sites is 7. The third-order valence-electron chi connectivity index (χ3n) is 17.6. The highest BCUT2D eigenvalue weighted by Gasteiger charge is 2.45. The van der Waals surface area contributed by atoms with E-state index in [-0.39, 0.29) is 77.3 Å². The molecule has 2 aliphatic heterocycles. The van der Waals surface area contributed by atoms with Gasteiger partial charge in [0.25, 0.3) is 6.71 Å². The van der Waals surface area contributed by atoms with E-state index in [4.69, 9.17) is 12.6 Å². The molecule has 0 radical (unpaired) electrons. The highest BCUT2D eigenvalue weighted by atomic mass is 16.3. The Bertz CT molecular complexity index is 6800. The molecule has 0 atom stereocenters. The Kier molecular flexibility index (Phi) is 7.60. The Morgan fingerprint density at radius 2 is 0.733 bits per heavy atom. The summed E-state index contributed by atoms with van der Waals surface area (Å²) in [6.45, 7) is -1.38. The minimum absolute atomic E-state index is 0.0796. The molecular formula is C84H53BN4O. The maximum absolute atomic E-state index is 11.2. The quantitative estimate of drug-likeness (QED) is 0.142. The standard InChI is InChI=1S/C84H53BN4O/c1-4-23-54(24-5-1)61-29-10-16-37-72(61)88-77-52-59(86-73-38-17-11-30-64(73)65-31-12-18-39-74(65)86)44-46-70(77)85-71-47-45-60(87-75-40-19-13-32-66(75)67-33-14-20-41-76(67)87)53-78(71)89(84-62(55-25-6-2-7-26-55)35-22-36-63(84)56-27-8-3-9-28-56)80-51-58(50-79(88)83(80)85)57-43-48-82-69(49-57)68-34-15-21-42-81(68)90-82/h1-53H/i11D,12D,13D,14D,17D,18D,19D,20D,30D,31D,32D,33D,38D,39D,40D,41D,44D,45D,46D,47D. The molecule has 90 heavy (non-hydrogen) atoms. The third kappa shape index (κ3) is 7.52. The number of anilines is 6. The Labute approximate surface area is 548 Å². The summed E-state index contributed by atoms with van der Waals surface area (Å²) in [7, 11) is 0. The summed E-state index contributed by atoms with van der Waals surface area (Å²) in [6, 6.07) is 50.5. The lowest BCUT2D eigenvalue weighted by Gasteiger charge is -2.45. The third-order valence-corrected chi connectivity index (χ3v) is 17.6. The predicted molar refractivity (Wildman–Crippen MR) is 378 cm³/mol. The zero-order valence-corrected chi connectivity index (χ0v) is 47.3. The Balaban J connectivity index is 1.05. The maximum atomic E-state index is 11.2. The Hall–Kier alpha value is -11.9. The van der Waals surface area contributed by atoms with Crippen LogP contribution in [0.5, 0.6) is 0 Å². The van der Waals surface area contributed by atoms with Crippen molar-refractivity contribution in [3.63, 3.8) is 0 Å². The first-order chi connectivity index (χ1) is 53.0. The van der Waals surface area contributed by atoms with Gasteiger partial charge in [0.2, 0.25) is 0 Å². The van der Waals surface area contributed by atoms with Crippen LogP contribution in [0.25, 0.3) is 121 Å².